The van der Waals surface area contributed by atoms with Crippen LogP contribution in [0.4, 0.5) is 5.69 Å². The third-order valence-electron chi connectivity index (χ3n) is 4.97. The Kier molecular flexibility index (Phi) is 7.42. The van der Waals surface area contributed by atoms with E-state index in [-0.39, 0.29) is 4.90 Å². The van der Waals surface area contributed by atoms with Crippen LogP contribution >= 0.6 is 0 Å². The van der Waals surface area contributed by atoms with Gasteiger partial charge in [-0.3, -0.25) is 4.79 Å². The van der Waals surface area contributed by atoms with Crippen molar-refractivity contribution in [3.05, 3.63) is 102 Å². The monoisotopic (exact) mass is 433 g/mol. The van der Waals surface area contributed by atoms with Crippen molar-refractivity contribution >= 4 is 27.7 Å². The predicted molar refractivity (Wildman–Crippen MR) is 126 cm³/mol. The van der Waals surface area contributed by atoms with Crippen molar-refractivity contribution in [1.82, 2.24) is 0 Å². The largest absolute Gasteiger partial charge is 0.271 e. The second-order valence-electron chi connectivity index (χ2n) is 7.43. The first-order valence-electron chi connectivity index (χ1n) is 10.4. The lowest BCUT2D eigenvalue weighted by molar-refractivity contribution is -0.113. The molecule has 0 N–H and O–H groups in total. The Morgan fingerprint density at radius 1 is 0.903 bits per heavy atom. The molecule has 0 aliphatic carbocycles. The van der Waals surface area contributed by atoms with Gasteiger partial charge >= 0.3 is 0 Å². The summed E-state index contributed by atoms with van der Waals surface area (Å²) >= 11 is 0. The fourth-order valence-corrected chi connectivity index (χ4v) is 4.58. The lowest BCUT2D eigenvalue weighted by Crippen LogP contribution is -2.35. The molecule has 0 atom stereocenters. The highest BCUT2D eigenvalue weighted by molar-refractivity contribution is 7.93. The van der Waals surface area contributed by atoms with Gasteiger partial charge in [-0.2, -0.15) is 4.31 Å². The Bertz CT molecular complexity index is 1130. The third kappa shape index (κ3) is 5.70. The quantitative estimate of drug-likeness (QED) is 0.424. The minimum atomic E-state index is -4.06. The Labute approximate surface area is 184 Å². The summed E-state index contributed by atoms with van der Waals surface area (Å²) in [5.74, 6) is -0.620. The molecule has 0 radical (unpaired) electrons. The number of unbranched alkanes of at least 4 members (excludes halogenated alkanes) is 1. The molecule has 0 spiro atoms. The van der Waals surface area contributed by atoms with E-state index < -0.39 is 15.9 Å². The van der Waals surface area contributed by atoms with Crippen molar-refractivity contribution in [3.8, 4) is 0 Å². The minimum absolute atomic E-state index is 0.0714. The van der Waals surface area contributed by atoms with Gasteiger partial charge in [-0.15, -0.1) is 0 Å². The summed E-state index contributed by atoms with van der Waals surface area (Å²) in [5.41, 5.74) is 3.37. The molecule has 0 aliphatic rings. The van der Waals surface area contributed by atoms with Gasteiger partial charge in [-0.05, 0) is 61.2 Å². The van der Waals surface area contributed by atoms with Gasteiger partial charge in [-0.25, -0.2) is 8.42 Å². The molecule has 1 amide bonds. The van der Waals surface area contributed by atoms with E-state index in [1.807, 2.05) is 43.3 Å². The van der Waals surface area contributed by atoms with Crippen LogP contribution < -0.4 is 4.31 Å². The highest BCUT2D eigenvalue weighted by atomic mass is 32.2. The second-order valence-corrected chi connectivity index (χ2v) is 9.22. The lowest BCUT2D eigenvalue weighted by Gasteiger charge is -2.21. The van der Waals surface area contributed by atoms with Crippen molar-refractivity contribution < 1.29 is 13.2 Å². The summed E-state index contributed by atoms with van der Waals surface area (Å²) in [6.07, 6.45) is 5.99. The minimum Gasteiger partial charge on any atom is -0.268 e. The molecule has 3 rings (SSSR count). The zero-order valence-corrected chi connectivity index (χ0v) is 18.7. The molecule has 0 fully saturated rings. The van der Waals surface area contributed by atoms with E-state index in [1.54, 1.807) is 36.4 Å². The molecule has 0 aliphatic heterocycles. The maximum Gasteiger partial charge on any atom is 0.271 e. The Hall–Kier alpha value is -3.18. The van der Waals surface area contributed by atoms with Crippen LogP contribution in [0.2, 0.25) is 0 Å². The van der Waals surface area contributed by atoms with Gasteiger partial charge in [0.05, 0.1) is 10.6 Å². The summed E-state index contributed by atoms with van der Waals surface area (Å²) in [5, 5.41) is 0. The average molecular weight is 434 g/mol. The van der Waals surface area contributed by atoms with E-state index in [0.717, 1.165) is 40.3 Å². The van der Waals surface area contributed by atoms with Crippen LogP contribution in [0, 0.1) is 6.92 Å². The molecule has 4 nitrogen and oxygen atoms in total. The SMILES string of the molecule is CCCCc1ccc(N(C(=O)/C=C/c2ccc(C)cc2)S(=O)(=O)c2ccccc2)cc1. The Balaban J connectivity index is 1.97. The van der Waals surface area contributed by atoms with E-state index >= 15 is 0 Å². The van der Waals surface area contributed by atoms with Crippen LogP contribution in [0.5, 0.6) is 0 Å². The number of rotatable bonds is 8. The smallest absolute Gasteiger partial charge is 0.268 e. The third-order valence-corrected chi connectivity index (χ3v) is 6.71. The normalized spacial score (nSPS) is 11.5. The van der Waals surface area contributed by atoms with Crippen molar-refractivity contribution in [2.45, 2.75) is 38.0 Å². The topological polar surface area (TPSA) is 54.5 Å². The Morgan fingerprint density at radius 3 is 2.16 bits per heavy atom. The number of anilines is 1. The fourth-order valence-electron chi connectivity index (χ4n) is 3.17. The standard InChI is InChI=1S/C26H27NO3S/c1-3-4-8-22-15-18-24(19-16-22)27(31(29,30)25-9-6-5-7-10-25)26(28)20-17-23-13-11-21(2)12-14-23/h5-7,9-20H,3-4,8H2,1-2H3/b20-17+. The first-order valence-corrected chi connectivity index (χ1v) is 11.8. The van der Waals surface area contributed by atoms with E-state index in [4.69, 9.17) is 0 Å². The summed E-state index contributed by atoms with van der Waals surface area (Å²) in [6.45, 7) is 4.11. The van der Waals surface area contributed by atoms with E-state index in [9.17, 15) is 13.2 Å². The number of carbonyl (C=O) groups excluding carboxylic acids is 1. The summed E-state index contributed by atoms with van der Waals surface area (Å²) in [7, 11) is -4.06. The number of benzene rings is 3. The molecule has 0 unspecified atom stereocenters. The van der Waals surface area contributed by atoms with Crippen molar-refractivity contribution in [2.75, 3.05) is 4.31 Å². The number of hydrogen-bond donors (Lipinski definition) is 0. The molecular weight excluding hydrogens is 406 g/mol. The summed E-state index contributed by atoms with van der Waals surface area (Å²) in [4.78, 5) is 13.2. The van der Waals surface area contributed by atoms with E-state index in [2.05, 4.69) is 6.92 Å². The van der Waals surface area contributed by atoms with Gasteiger partial charge in [0.25, 0.3) is 15.9 Å². The number of hydrogen-bond acceptors (Lipinski definition) is 3. The molecule has 0 saturated heterocycles. The lowest BCUT2D eigenvalue weighted by atomic mass is 10.1. The van der Waals surface area contributed by atoms with Crippen LogP contribution in [-0.4, -0.2) is 14.3 Å². The van der Waals surface area contributed by atoms with Gasteiger partial charge in [0.15, 0.2) is 0 Å². The maximum atomic E-state index is 13.4. The number of sulfonamides is 1. The van der Waals surface area contributed by atoms with Gasteiger partial charge < -0.3 is 0 Å². The predicted octanol–water partition coefficient (Wildman–Crippen LogP) is 5.77. The van der Waals surface area contributed by atoms with Crippen molar-refractivity contribution in [1.29, 1.82) is 0 Å². The molecule has 0 aromatic heterocycles. The summed E-state index contributed by atoms with van der Waals surface area (Å²) in [6, 6.07) is 22.8. The van der Waals surface area contributed by atoms with Gasteiger partial charge in [0.2, 0.25) is 0 Å². The molecule has 0 saturated carbocycles. The zero-order valence-electron chi connectivity index (χ0n) is 17.9. The van der Waals surface area contributed by atoms with Crippen LogP contribution in [0.1, 0.15) is 36.5 Å². The molecule has 0 heterocycles. The maximum absolute atomic E-state index is 13.4. The molecule has 160 valence electrons. The number of amides is 1. The first-order chi connectivity index (χ1) is 14.9. The first kappa shape index (κ1) is 22.5. The van der Waals surface area contributed by atoms with Crippen LogP contribution in [0.3, 0.4) is 0 Å². The van der Waals surface area contributed by atoms with Gasteiger partial charge in [0.1, 0.15) is 0 Å². The van der Waals surface area contributed by atoms with Crippen LogP contribution in [-0.2, 0) is 21.2 Å². The van der Waals surface area contributed by atoms with Gasteiger partial charge in [-0.1, -0.05) is 73.5 Å². The van der Waals surface area contributed by atoms with Crippen molar-refractivity contribution in [3.63, 3.8) is 0 Å². The number of aryl methyl sites for hydroxylation is 2. The Morgan fingerprint density at radius 2 is 1.55 bits per heavy atom. The van der Waals surface area contributed by atoms with E-state index in [0.29, 0.717) is 5.69 Å². The number of carbonyl (C=O) groups is 1. The molecule has 3 aromatic rings. The highest BCUT2D eigenvalue weighted by Gasteiger charge is 2.29. The fraction of sp³-hybridized carbons (Fsp3) is 0.192. The highest BCUT2D eigenvalue weighted by Crippen LogP contribution is 2.25. The van der Waals surface area contributed by atoms with Gasteiger partial charge in [0, 0.05) is 6.08 Å². The summed E-state index contributed by atoms with van der Waals surface area (Å²) < 4.78 is 27.6. The van der Waals surface area contributed by atoms with Crippen LogP contribution in [0.25, 0.3) is 6.08 Å². The van der Waals surface area contributed by atoms with Crippen molar-refractivity contribution in [2.24, 2.45) is 0 Å². The molecule has 5 heteroatoms. The molecule has 3 aromatic carbocycles. The second kappa shape index (κ2) is 10.2. The molecule has 0 bridgehead atoms. The number of nitrogens with zero attached hydrogens (tertiary/aromatic N) is 1. The average Bonchev–Trinajstić information content (AvgIpc) is 2.79. The van der Waals surface area contributed by atoms with Crippen LogP contribution in [0.15, 0.2) is 89.8 Å². The molecular formula is C26H27NO3S. The van der Waals surface area contributed by atoms with E-state index in [1.165, 1.54) is 18.2 Å². The molecule has 31 heavy (non-hydrogen) atoms. The zero-order chi connectivity index (χ0) is 22.3.